The molecule has 2 heterocycles. The maximum Gasteiger partial charge on any atom is 0.411 e. The van der Waals surface area contributed by atoms with E-state index in [2.05, 4.69) is 25.1 Å². The number of aromatic nitrogens is 2. The zero-order valence-electron chi connectivity index (χ0n) is 16.4. The number of piperidine rings is 1. The van der Waals surface area contributed by atoms with Gasteiger partial charge in [-0.15, -0.1) is 0 Å². The van der Waals surface area contributed by atoms with Crippen molar-refractivity contribution in [2.75, 3.05) is 37.8 Å². The second-order valence-electron chi connectivity index (χ2n) is 6.93. The van der Waals surface area contributed by atoms with Crippen molar-refractivity contribution in [1.29, 1.82) is 0 Å². The average Bonchev–Trinajstić information content (AvgIpc) is 3.09. The minimum Gasteiger partial charge on any atom is -0.446 e. The van der Waals surface area contributed by atoms with Gasteiger partial charge in [0, 0.05) is 26.2 Å². The summed E-state index contributed by atoms with van der Waals surface area (Å²) in [6.07, 6.45) is 1.80. The largest absolute Gasteiger partial charge is 0.446 e. The van der Waals surface area contributed by atoms with Gasteiger partial charge in [0.15, 0.2) is 5.82 Å². The van der Waals surface area contributed by atoms with Crippen LogP contribution in [0.4, 0.5) is 10.5 Å². The van der Waals surface area contributed by atoms with Gasteiger partial charge in [-0.05, 0) is 31.9 Å². The third-order valence-corrected chi connectivity index (χ3v) is 5.25. The van der Waals surface area contributed by atoms with Crippen molar-refractivity contribution in [2.24, 2.45) is 0 Å². The van der Waals surface area contributed by atoms with E-state index in [1.165, 1.54) is 0 Å². The fraction of sp³-hybridized carbons (Fsp3) is 0.500. The topological polar surface area (TPSA) is 127 Å². The first kappa shape index (κ1) is 21.2. The quantitative estimate of drug-likeness (QED) is 0.688. The molecular weight excluding hydrogens is 398 g/mol. The van der Waals surface area contributed by atoms with Gasteiger partial charge in [-0.25, -0.2) is 17.9 Å². The maximum atomic E-state index is 12.3. The molecule has 0 aliphatic carbocycles. The minimum absolute atomic E-state index is 0.188. The third-order valence-electron chi connectivity index (χ3n) is 4.52. The Labute approximate surface area is 169 Å². The van der Waals surface area contributed by atoms with Crippen molar-refractivity contribution >= 4 is 21.8 Å². The first-order chi connectivity index (χ1) is 13.8. The summed E-state index contributed by atoms with van der Waals surface area (Å²) in [7, 11) is -3.17. The van der Waals surface area contributed by atoms with Crippen molar-refractivity contribution < 1.29 is 22.5 Å². The van der Waals surface area contributed by atoms with E-state index in [1.54, 1.807) is 25.1 Å². The van der Waals surface area contributed by atoms with Crippen molar-refractivity contribution in [2.45, 2.75) is 25.9 Å². The van der Waals surface area contributed by atoms with Crippen LogP contribution in [0.3, 0.4) is 0 Å². The average molecular weight is 423 g/mol. The van der Waals surface area contributed by atoms with Gasteiger partial charge in [0.25, 0.3) is 5.89 Å². The lowest BCUT2D eigenvalue weighted by atomic mass is 10.1. The van der Waals surface area contributed by atoms with E-state index < -0.39 is 16.1 Å². The molecule has 1 fully saturated rings. The molecule has 3 rings (SSSR count). The highest BCUT2D eigenvalue weighted by atomic mass is 32.2. The summed E-state index contributed by atoms with van der Waals surface area (Å²) in [4.78, 5) is 18.7. The summed E-state index contributed by atoms with van der Waals surface area (Å²) in [6.45, 7) is 4.20. The summed E-state index contributed by atoms with van der Waals surface area (Å²) in [5, 5.41) is 6.52. The van der Waals surface area contributed by atoms with Gasteiger partial charge in [0.1, 0.15) is 6.10 Å². The van der Waals surface area contributed by atoms with Gasteiger partial charge >= 0.3 is 6.09 Å². The Bertz CT molecular complexity index is 938. The molecule has 1 aromatic carbocycles. The molecule has 2 N–H and O–H groups in total. The molecule has 0 radical (unpaired) electrons. The second kappa shape index (κ2) is 9.33. The number of aryl methyl sites for hydroxylation is 1. The first-order valence-corrected chi connectivity index (χ1v) is 11.2. The molecule has 0 bridgehead atoms. The number of anilines is 1. The van der Waals surface area contributed by atoms with Crippen molar-refractivity contribution in [1.82, 2.24) is 19.8 Å². The Morgan fingerprint density at radius 1 is 1.31 bits per heavy atom. The van der Waals surface area contributed by atoms with Gasteiger partial charge in [-0.2, -0.15) is 4.98 Å². The fourth-order valence-corrected chi connectivity index (χ4v) is 3.58. The summed E-state index contributed by atoms with van der Waals surface area (Å²) < 4.78 is 35.4. The highest BCUT2D eigenvalue weighted by molar-refractivity contribution is 7.88. The highest BCUT2D eigenvalue weighted by Crippen LogP contribution is 2.26. The van der Waals surface area contributed by atoms with Gasteiger partial charge in [-0.1, -0.05) is 17.3 Å². The van der Waals surface area contributed by atoms with E-state index in [0.29, 0.717) is 48.9 Å². The predicted octanol–water partition coefficient (Wildman–Crippen LogP) is 1.61. The van der Waals surface area contributed by atoms with Crippen LogP contribution < -0.4 is 10.0 Å². The number of likely N-dealkylation sites (tertiary alicyclic amines) is 1. The standard InChI is InChI=1S/C18H25N5O5S/c1-13-20-17(28-22-13)15-5-3-4-6-16(15)21-18(24)27-14-7-10-23(11-8-14)12-9-19-29(2,25)26/h3-6,14,19H,7-12H2,1-2H3,(H,21,24). The van der Waals surface area contributed by atoms with Crippen molar-refractivity contribution in [3.63, 3.8) is 0 Å². The second-order valence-corrected chi connectivity index (χ2v) is 8.76. The van der Waals surface area contributed by atoms with Gasteiger partial charge < -0.3 is 14.2 Å². The Kier molecular flexibility index (Phi) is 6.83. The summed E-state index contributed by atoms with van der Waals surface area (Å²) in [6, 6.07) is 7.14. The molecular formula is C18H25N5O5S. The molecule has 1 saturated heterocycles. The number of nitrogens with one attached hydrogen (secondary N) is 2. The molecule has 2 aromatic rings. The Balaban J connectivity index is 1.48. The molecule has 0 unspecified atom stereocenters. The molecule has 158 valence electrons. The Morgan fingerprint density at radius 3 is 2.69 bits per heavy atom. The molecule has 11 heteroatoms. The summed E-state index contributed by atoms with van der Waals surface area (Å²) >= 11 is 0. The van der Waals surface area contributed by atoms with E-state index >= 15 is 0 Å². The number of nitrogens with zero attached hydrogens (tertiary/aromatic N) is 3. The molecule has 29 heavy (non-hydrogen) atoms. The number of rotatable bonds is 7. The minimum atomic E-state index is -3.17. The zero-order valence-corrected chi connectivity index (χ0v) is 17.2. The lowest BCUT2D eigenvalue weighted by molar-refractivity contribution is 0.0596. The lowest BCUT2D eigenvalue weighted by Crippen LogP contribution is -2.42. The van der Waals surface area contributed by atoms with Crippen LogP contribution in [0.15, 0.2) is 28.8 Å². The lowest BCUT2D eigenvalue weighted by Gasteiger charge is -2.31. The molecule has 1 aliphatic rings. The number of sulfonamides is 1. The molecule has 1 aromatic heterocycles. The fourth-order valence-electron chi connectivity index (χ4n) is 3.12. The first-order valence-electron chi connectivity index (χ1n) is 9.34. The SMILES string of the molecule is Cc1noc(-c2ccccc2NC(=O)OC2CCN(CCNS(C)(=O)=O)CC2)n1. The number of hydrogen-bond acceptors (Lipinski definition) is 8. The summed E-state index contributed by atoms with van der Waals surface area (Å²) in [5.41, 5.74) is 1.16. The van der Waals surface area contributed by atoms with Gasteiger partial charge in [0.05, 0.1) is 17.5 Å². The van der Waals surface area contributed by atoms with Crippen LogP contribution in [-0.4, -0.2) is 68.1 Å². The summed E-state index contributed by atoms with van der Waals surface area (Å²) in [5.74, 6) is 0.838. The number of benzene rings is 1. The van der Waals surface area contributed by atoms with E-state index in [9.17, 15) is 13.2 Å². The van der Waals surface area contributed by atoms with Crippen LogP contribution >= 0.6 is 0 Å². The Morgan fingerprint density at radius 2 is 2.03 bits per heavy atom. The molecule has 0 atom stereocenters. The van der Waals surface area contributed by atoms with Gasteiger partial charge in [0.2, 0.25) is 10.0 Å². The van der Waals surface area contributed by atoms with Crippen LogP contribution in [0.25, 0.3) is 11.5 Å². The molecule has 1 amide bonds. The van der Waals surface area contributed by atoms with E-state index in [-0.39, 0.29) is 6.10 Å². The Hall–Kier alpha value is -2.50. The van der Waals surface area contributed by atoms with Crippen LogP contribution in [0, 0.1) is 6.92 Å². The van der Waals surface area contributed by atoms with Crippen LogP contribution in [0.2, 0.25) is 0 Å². The number of amides is 1. The van der Waals surface area contributed by atoms with E-state index in [4.69, 9.17) is 9.26 Å². The smallest absolute Gasteiger partial charge is 0.411 e. The molecule has 1 aliphatic heterocycles. The van der Waals surface area contributed by atoms with Crippen LogP contribution in [0.1, 0.15) is 18.7 Å². The zero-order chi connectivity index (χ0) is 20.9. The van der Waals surface area contributed by atoms with Gasteiger partial charge in [-0.3, -0.25) is 5.32 Å². The van der Waals surface area contributed by atoms with E-state index in [0.717, 1.165) is 19.3 Å². The van der Waals surface area contributed by atoms with Crippen LogP contribution in [0.5, 0.6) is 0 Å². The third kappa shape index (κ3) is 6.51. The normalized spacial score (nSPS) is 15.9. The van der Waals surface area contributed by atoms with Crippen LogP contribution in [-0.2, 0) is 14.8 Å². The molecule has 0 spiro atoms. The number of ether oxygens (including phenoxy) is 1. The number of para-hydroxylation sites is 1. The maximum absolute atomic E-state index is 12.3. The number of carbonyl (C=O) groups excluding carboxylic acids is 1. The number of carbonyl (C=O) groups is 1. The highest BCUT2D eigenvalue weighted by Gasteiger charge is 2.23. The van der Waals surface area contributed by atoms with Crippen molar-refractivity contribution in [3.05, 3.63) is 30.1 Å². The molecule has 0 saturated carbocycles. The monoisotopic (exact) mass is 423 g/mol. The number of hydrogen-bond donors (Lipinski definition) is 2. The molecule has 10 nitrogen and oxygen atoms in total. The predicted molar refractivity (Wildman–Crippen MR) is 107 cm³/mol. The van der Waals surface area contributed by atoms with Crippen molar-refractivity contribution in [3.8, 4) is 11.5 Å². The van der Waals surface area contributed by atoms with E-state index in [1.807, 2.05) is 6.07 Å².